The maximum absolute atomic E-state index is 5.86. The van der Waals surface area contributed by atoms with E-state index in [1.165, 1.54) is 0 Å². The van der Waals surface area contributed by atoms with E-state index in [9.17, 15) is 0 Å². The van der Waals surface area contributed by atoms with Crippen LogP contribution in [0.5, 0.6) is 11.5 Å². The van der Waals surface area contributed by atoms with Gasteiger partial charge in [-0.3, -0.25) is 0 Å². The molecule has 0 bridgehead atoms. The summed E-state index contributed by atoms with van der Waals surface area (Å²) in [6.07, 6.45) is -0.0275. The number of alkyl halides is 1. The van der Waals surface area contributed by atoms with Gasteiger partial charge in [0.2, 0.25) is 0 Å². The SMILES string of the molecule is CCOc1cc(CBr)cc(Br)c1OC(C)COC. The summed E-state index contributed by atoms with van der Waals surface area (Å²) in [5, 5.41) is 0.777. The number of halogens is 2. The van der Waals surface area contributed by atoms with E-state index in [-0.39, 0.29) is 6.10 Å². The Kier molecular flexibility index (Phi) is 7.04. The monoisotopic (exact) mass is 380 g/mol. The van der Waals surface area contributed by atoms with E-state index in [1.54, 1.807) is 7.11 Å². The van der Waals surface area contributed by atoms with Gasteiger partial charge in [0.1, 0.15) is 6.10 Å². The molecule has 0 heterocycles. The largest absolute Gasteiger partial charge is 0.490 e. The Morgan fingerprint density at radius 2 is 2.06 bits per heavy atom. The molecule has 1 aromatic carbocycles. The quantitative estimate of drug-likeness (QED) is 0.664. The summed E-state index contributed by atoms with van der Waals surface area (Å²) in [5.74, 6) is 1.48. The van der Waals surface area contributed by atoms with Crippen molar-refractivity contribution in [3.8, 4) is 11.5 Å². The molecular weight excluding hydrogens is 364 g/mol. The molecule has 0 aromatic heterocycles. The highest BCUT2D eigenvalue weighted by Gasteiger charge is 2.14. The summed E-state index contributed by atoms with van der Waals surface area (Å²) in [6.45, 7) is 5.06. The molecule has 0 amide bonds. The first-order valence-electron chi connectivity index (χ1n) is 5.79. The van der Waals surface area contributed by atoms with Crippen LogP contribution in [0.25, 0.3) is 0 Å². The van der Waals surface area contributed by atoms with Crippen molar-refractivity contribution in [1.82, 2.24) is 0 Å². The van der Waals surface area contributed by atoms with Gasteiger partial charge in [-0.2, -0.15) is 0 Å². The van der Waals surface area contributed by atoms with E-state index < -0.39 is 0 Å². The van der Waals surface area contributed by atoms with Gasteiger partial charge in [-0.05, 0) is 47.5 Å². The van der Waals surface area contributed by atoms with Crippen molar-refractivity contribution in [2.45, 2.75) is 25.3 Å². The van der Waals surface area contributed by atoms with E-state index in [0.29, 0.717) is 13.2 Å². The van der Waals surface area contributed by atoms with Crippen LogP contribution in [-0.2, 0) is 10.1 Å². The molecule has 0 spiro atoms. The number of benzene rings is 1. The minimum absolute atomic E-state index is 0.0275. The summed E-state index contributed by atoms with van der Waals surface area (Å²) in [4.78, 5) is 0. The van der Waals surface area contributed by atoms with E-state index in [4.69, 9.17) is 14.2 Å². The highest BCUT2D eigenvalue weighted by molar-refractivity contribution is 9.10. The Labute approximate surface area is 125 Å². The molecule has 1 rings (SSSR count). The molecule has 3 nitrogen and oxygen atoms in total. The second kappa shape index (κ2) is 8.02. The summed E-state index contributed by atoms with van der Waals surface area (Å²) in [5.41, 5.74) is 1.14. The number of methoxy groups -OCH3 is 1. The van der Waals surface area contributed by atoms with Gasteiger partial charge in [-0.1, -0.05) is 15.9 Å². The third kappa shape index (κ3) is 4.44. The van der Waals surface area contributed by atoms with Crippen LogP contribution in [0.15, 0.2) is 16.6 Å². The second-order valence-corrected chi connectivity index (χ2v) is 5.27. The molecule has 0 aliphatic rings. The number of hydrogen-bond donors (Lipinski definition) is 0. The van der Waals surface area contributed by atoms with Gasteiger partial charge in [0.15, 0.2) is 11.5 Å². The predicted molar refractivity (Wildman–Crippen MR) is 79.9 cm³/mol. The maximum Gasteiger partial charge on any atom is 0.175 e. The van der Waals surface area contributed by atoms with Crippen LogP contribution in [0.2, 0.25) is 0 Å². The number of rotatable bonds is 7. The molecule has 0 saturated heterocycles. The van der Waals surface area contributed by atoms with E-state index in [0.717, 1.165) is 26.9 Å². The molecular formula is C13H18Br2O3. The van der Waals surface area contributed by atoms with Gasteiger partial charge in [0.25, 0.3) is 0 Å². The molecule has 1 atom stereocenters. The lowest BCUT2D eigenvalue weighted by atomic mass is 10.2. The van der Waals surface area contributed by atoms with Gasteiger partial charge < -0.3 is 14.2 Å². The zero-order valence-corrected chi connectivity index (χ0v) is 14.0. The van der Waals surface area contributed by atoms with Crippen LogP contribution in [0.3, 0.4) is 0 Å². The van der Waals surface area contributed by atoms with Crippen molar-refractivity contribution < 1.29 is 14.2 Å². The summed E-state index contributed by atoms with van der Waals surface area (Å²) >= 11 is 6.96. The predicted octanol–water partition coefficient (Wildman–Crippen LogP) is 4.16. The van der Waals surface area contributed by atoms with Gasteiger partial charge >= 0.3 is 0 Å². The first-order valence-corrected chi connectivity index (χ1v) is 7.70. The fourth-order valence-corrected chi connectivity index (χ4v) is 2.45. The van der Waals surface area contributed by atoms with Crippen LogP contribution >= 0.6 is 31.9 Å². The van der Waals surface area contributed by atoms with Gasteiger partial charge in [0.05, 0.1) is 17.7 Å². The lowest BCUT2D eigenvalue weighted by Gasteiger charge is -2.19. The molecule has 18 heavy (non-hydrogen) atoms. The highest BCUT2D eigenvalue weighted by atomic mass is 79.9. The fourth-order valence-electron chi connectivity index (χ4n) is 1.55. The Morgan fingerprint density at radius 1 is 1.33 bits per heavy atom. The lowest BCUT2D eigenvalue weighted by molar-refractivity contribution is 0.0889. The maximum atomic E-state index is 5.86. The molecule has 0 aliphatic heterocycles. The third-order valence-electron chi connectivity index (χ3n) is 2.24. The number of hydrogen-bond acceptors (Lipinski definition) is 3. The van der Waals surface area contributed by atoms with Crippen molar-refractivity contribution >= 4 is 31.9 Å². The van der Waals surface area contributed by atoms with Crippen LogP contribution in [0.4, 0.5) is 0 Å². The minimum atomic E-state index is -0.0275. The Morgan fingerprint density at radius 3 is 2.61 bits per heavy atom. The normalized spacial score (nSPS) is 12.3. The van der Waals surface area contributed by atoms with Crippen molar-refractivity contribution in [2.75, 3.05) is 20.3 Å². The molecule has 5 heteroatoms. The Bertz CT molecular complexity index is 383. The lowest BCUT2D eigenvalue weighted by Crippen LogP contribution is -2.18. The third-order valence-corrected chi connectivity index (χ3v) is 3.48. The average molecular weight is 382 g/mol. The molecule has 0 aliphatic carbocycles. The summed E-state index contributed by atoms with van der Waals surface area (Å²) < 4.78 is 17.4. The van der Waals surface area contributed by atoms with E-state index in [1.807, 2.05) is 26.0 Å². The first kappa shape index (κ1) is 15.8. The molecule has 0 fully saturated rings. The average Bonchev–Trinajstić information content (AvgIpc) is 2.33. The first-order chi connectivity index (χ1) is 8.62. The topological polar surface area (TPSA) is 27.7 Å². The van der Waals surface area contributed by atoms with E-state index in [2.05, 4.69) is 31.9 Å². The smallest absolute Gasteiger partial charge is 0.175 e. The van der Waals surface area contributed by atoms with Gasteiger partial charge in [0, 0.05) is 12.4 Å². The molecule has 1 aromatic rings. The van der Waals surface area contributed by atoms with Crippen molar-refractivity contribution in [3.05, 3.63) is 22.2 Å². The zero-order chi connectivity index (χ0) is 13.5. The minimum Gasteiger partial charge on any atom is -0.490 e. The standard InChI is InChI=1S/C13H18Br2O3/c1-4-17-12-6-10(7-14)5-11(15)13(12)18-9(2)8-16-3/h5-6,9H,4,7-8H2,1-3H3. The fraction of sp³-hybridized carbons (Fsp3) is 0.538. The van der Waals surface area contributed by atoms with Gasteiger partial charge in [-0.25, -0.2) is 0 Å². The zero-order valence-electron chi connectivity index (χ0n) is 10.8. The van der Waals surface area contributed by atoms with Crippen LogP contribution < -0.4 is 9.47 Å². The van der Waals surface area contributed by atoms with Gasteiger partial charge in [-0.15, -0.1) is 0 Å². The van der Waals surface area contributed by atoms with Crippen molar-refractivity contribution in [2.24, 2.45) is 0 Å². The Hall–Kier alpha value is -0.260. The number of ether oxygens (including phenoxy) is 3. The Balaban J connectivity index is 2.99. The second-order valence-electron chi connectivity index (χ2n) is 3.86. The van der Waals surface area contributed by atoms with Crippen LogP contribution in [0, 0.1) is 0 Å². The van der Waals surface area contributed by atoms with Crippen molar-refractivity contribution in [3.63, 3.8) is 0 Å². The van der Waals surface area contributed by atoms with Crippen LogP contribution in [0.1, 0.15) is 19.4 Å². The molecule has 1 unspecified atom stereocenters. The molecule has 0 saturated carbocycles. The summed E-state index contributed by atoms with van der Waals surface area (Å²) in [6, 6.07) is 4.00. The van der Waals surface area contributed by atoms with Crippen molar-refractivity contribution in [1.29, 1.82) is 0 Å². The molecule has 0 N–H and O–H groups in total. The summed E-state index contributed by atoms with van der Waals surface area (Å²) in [7, 11) is 1.66. The molecule has 102 valence electrons. The van der Waals surface area contributed by atoms with Crippen LogP contribution in [-0.4, -0.2) is 26.4 Å². The highest BCUT2D eigenvalue weighted by Crippen LogP contribution is 2.38. The molecule has 0 radical (unpaired) electrons. The van der Waals surface area contributed by atoms with E-state index >= 15 is 0 Å².